The van der Waals surface area contributed by atoms with E-state index in [4.69, 9.17) is 10.3 Å². The van der Waals surface area contributed by atoms with E-state index in [9.17, 15) is 5.11 Å². The maximum Gasteiger partial charge on any atom is 0.256 e. The van der Waals surface area contributed by atoms with Crippen molar-refractivity contribution < 1.29 is 9.63 Å². The molecule has 0 radical (unpaired) electrons. The highest BCUT2D eigenvalue weighted by Gasteiger charge is 2.31. The lowest BCUT2D eigenvalue weighted by atomic mass is 10.2. The van der Waals surface area contributed by atoms with Crippen molar-refractivity contribution in [1.29, 1.82) is 0 Å². The van der Waals surface area contributed by atoms with Gasteiger partial charge in [-0.1, -0.05) is 12.1 Å². The highest BCUT2D eigenvalue weighted by Crippen LogP contribution is 2.42. The van der Waals surface area contributed by atoms with Crippen LogP contribution in [0.2, 0.25) is 0 Å². The van der Waals surface area contributed by atoms with Crippen molar-refractivity contribution in [3.63, 3.8) is 0 Å². The molecule has 0 bridgehead atoms. The third-order valence-corrected chi connectivity index (χ3v) is 5.92. The van der Waals surface area contributed by atoms with Gasteiger partial charge in [-0.25, -0.2) is 0 Å². The van der Waals surface area contributed by atoms with Crippen LogP contribution in [0.5, 0.6) is 0 Å². The predicted octanol–water partition coefficient (Wildman–Crippen LogP) is 1.36. The highest BCUT2D eigenvalue weighted by molar-refractivity contribution is 8.06. The number of rotatable bonds is 4. The maximum atomic E-state index is 9.53. The van der Waals surface area contributed by atoms with Crippen molar-refractivity contribution in [3.05, 3.63) is 11.7 Å². The second-order valence-corrected chi connectivity index (χ2v) is 6.45. The highest BCUT2D eigenvalue weighted by atomic mass is 32.2. The fourth-order valence-corrected chi connectivity index (χ4v) is 4.72. The normalized spacial score (nSPS) is 27.0. The molecule has 3 N–H and O–H groups in total. The summed E-state index contributed by atoms with van der Waals surface area (Å²) in [6, 6.07) is 0. The van der Waals surface area contributed by atoms with E-state index in [2.05, 4.69) is 17.1 Å². The summed E-state index contributed by atoms with van der Waals surface area (Å²) in [4.78, 5) is 4.26. The number of hydrogen-bond donors (Lipinski definition) is 2. The van der Waals surface area contributed by atoms with Gasteiger partial charge in [-0.2, -0.15) is 16.7 Å². The van der Waals surface area contributed by atoms with Crippen LogP contribution in [0, 0.1) is 0 Å². The third-order valence-electron chi connectivity index (χ3n) is 2.67. The van der Waals surface area contributed by atoms with Gasteiger partial charge in [-0.05, 0) is 6.42 Å². The van der Waals surface area contributed by atoms with Crippen LogP contribution in [0.25, 0.3) is 0 Å². The summed E-state index contributed by atoms with van der Waals surface area (Å²) in [5.41, 5.74) is 5.36. The minimum absolute atomic E-state index is 0.103. The zero-order valence-electron chi connectivity index (χ0n) is 9.70. The Morgan fingerprint density at radius 3 is 3.00 bits per heavy atom. The van der Waals surface area contributed by atoms with Gasteiger partial charge in [0.25, 0.3) is 5.89 Å². The molecular weight excluding hydrogens is 258 g/mol. The molecule has 3 atom stereocenters. The van der Waals surface area contributed by atoms with Gasteiger partial charge < -0.3 is 15.4 Å². The van der Waals surface area contributed by atoms with Gasteiger partial charge in [-0.3, -0.25) is 0 Å². The molecule has 7 heteroatoms. The number of aliphatic hydroxyl groups is 1. The van der Waals surface area contributed by atoms with Gasteiger partial charge in [0.05, 0.1) is 5.25 Å². The van der Waals surface area contributed by atoms with Gasteiger partial charge in [0.15, 0.2) is 5.82 Å². The van der Waals surface area contributed by atoms with E-state index in [1.807, 2.05) is 23.5 Å². The number of hydrogen-bond acceptors (Lipinski definition) is 7. The summed E-state index contributed by atoms with van der Waals surface area (Å²) in [6.07, 6.45) is 0.239. The molecular formula is C10H17N3O2S2. The largest absolute Gasteiger partial charge is 0.382 e. The minimum Gasteiger partial charge on any atom is -0.382 e. The SMILES string of the molecule is CCC1SCCSC1c1noc([C@@H](O)CN)n1. The molecule has 17 heavy (non-hydrogen) atoms. The van der Waals surface area contributed by atoms with Crippen molar-refractivity contribution in [1.82, 2.24) is 10.1 Å². The van der Waals surface area contributed by atoms with Crippen LogP contribution < -0.4 is 5.73 Å². The molecule has 1 aromatic heterocycles. The number of thioether (sulfide) groups is 2. The average molecular weight is 275 g/mol. The summed E-state index contributed by atoms with van der Waals surface area (Å²) >= 11 is 3.82. The van der Waals surface area contributed by atoms with E-state index < -0.39 is 6.10 Å². The smallest absolute Gasteiger partial charge is 0.256 e. The van der Waals surface area contributed by atoms with E-state index in [1.165, 1.54) is 5.75 Å². The molecule has 0 amide bonds. The Balaban J connectivity index is 2.12. The first kappa shape index (κ1) is 13.2. The lowest BCUT2D eigenvalue weighted by molar-refractivity contribution is 0.141. The van der Waals surface area contributed by atoms with Crippen LogP contribution in [-0.2, 0) is 0 Å². The van der Waals surface area contributed by atoms with Gasteiger partial charge in [0, 0.05) is 23.3 Å². The average Bonchev–Trinajstić information content (AvgIpc) is 2.87. The summed E-state index contributed by atoms with van der Waals surface area (Å²) < 4.78 is 5.05. The molecule has 1 aliphatic rings. The monoisotopic (exact) mass is 275 g/mol. The van der Waals surface area contributed by atoms with Crippen molar-refractivity contribution >= 4 is 23.5 Å². The molecule has 0 aliphatic carbocycles. The number of aliphatic hydroxyl groups excluding tert-OH is 1. The van der Waals surface area contributed by atoms with Crippen LogP contribution in [-0.4, -0.2) is 38.5 Å². The molecule has 0 aromatic carbocycles. The Kier molecular flexibility index (Phi) is 4.72. The molecule has 2 rings (SSSR count). The number of nitrogens with zero attached hydrogens (tertiary/aromatic N) is 2. The summed E-state index contributed by atoms with van der Waals surface area (Å²) in [5.74, 6) is 3.20. The first-order valence-electron chi connectivity index (χ1n) is 5.71. The second-order valence-electron chi connectivity index (χ2n) is 3.85. The van der Waals surface area contributed by atoms with Crippen molar-refractivity contribution in [2.75, 3.05) is 18.1 Å². The van der Waals surface area contributed by atoms with Gasteiger partial charge in [0.2, 0.25) is 0 Å². The van der Waals surface area contributed by atoms with Crippen LogP contribution in [0.3, 0.4) is 0 Å². The molecule has 96 valence electrons. The van der Waals surface area contributed by atoms with Crippen molar-refractivity contribution in [2.45, 2.75) is 29.9 Å². The first-order valence-corrected chi connectivity index (χ1v) is 7.80. The molecule has 1 aromatic rings. The zero-order valence-corrected chi connectivity index (χ0v) is 11.3. The summed E-state index contributed by atoms with van der Waals surface area (Å²) in [7, 11) is 0. The van der Waals surface area contributed by atoms with E-state index >= 15 is 0 Å². The Labute approximate surface area is 109 Å². The summed E-state index contributed by atoms with van der Waals surface area (Å²) in [6.45, 7) is 2.28. The minimum atomic E-state index is -0.849. The van der Waals surface area contributed by atoms with E-state index in [0.29, 0.717) is 11.1 Å². The molecule has 0 spiro atoms. The predicted molar refractivity (Wildman–Crippen MR) is 70.0 cm³/mol. The van der Waals surface area contributed by atoms with Crippen LogP contribution in [0.1, 0.15) is 36.4 Å². The fraction of sp³-hybridized carbons (Fsp3) is 0.800. The molecule has 2 unspecified atom stereocenters. The van der Waals surface area contributed by atoms with Crippen LogP contribution in [0.15, 0.2) is 4.52 Å². The van der Waals surface area contributed by atoms with Crippen molar-refractivity contribution in [2.24, 2.45) is 5.73 Å². The summed E-state index contributed by atoms with van der Waals surface area (Å²) in [5, 5.41) is 14.3. The second kappa shape index (κ2) is 6.08. The molecule has 1 fully saturated rings. The Bertz CT molecular complexity index is 361. The molecule has 5 nitrogen and oxygen atoms in total. The van der Waals surface area contributed by atoms with Gasteiger partial charge in [-0.15, -0.1) is 11.8 Å². The van der Waals surface area contributed by atoms with E-state index in [0.717, 1.165) is 12.2 Å². The molecule has 0 saturated carbocycles. The quantitative estimate of drug-likeness (QED) is 0.858. The van der Waals surface area contributed by atoms with Crippen LogP contribution in [0.4, 0.5) is 0 Å². The first-order chi connectivity index (χ1) is 8.26. The lowest BCUT2D eigenvalue weighted by Crippen LogP contribution is -2.19. The number of aromatic nitrogens is 2. The Hall–Kier alpha value is -0.240. The fourth-order valence-electron chi connectivity index (χ4n) is 1.74. The lowest BCUT2D eigenvalue weighted by Gasteiger charge is -2.27. The molecule has 1 saturated heterocycles. The Morgan fingerprint density at radius 2 is 2.29 bits per heavy atom. The van der Waals surface area contributed by atoms with E-state index in [1.54, 1.807) is 0 Å². The Morgan fingerprint density at radius 1 is 1.53 bits per heavy atom. The van der Waals surface area contributed by atoms with Gasteiger partial charge in [0.1, 0.15) is 6.10 Å². The zero-order chi connectivity index (χ0) is 12.3. The molecule has 2 heterocycles. The standard InChI is InChI=1S/C10H17N3O2S2/c1-2-7-8(17-4-3-16-7)9-12-10(15-13-9)6(14)5-11/h6-8,14H,2-5,11H2,1H3/t6-,7?,8?/m0/s1. The maximum absolute atomic E-state index is 9.53. The third kappa shape index (κ3) is 2.96. The molecule has 1 aliphatic heterocycles. The van der Waals surface area contributed by atoms with Crippen molar-refractivity contribution in [3.8, 4) is 0 Å². The topological polar surface area (TPSA) is 85.2 Å². The van der Waals surface area contributed by atoms with Crippen LogP contribution >= 0.6 is 23.5 Å². The number of nitrogens with two attached hydrogens (primary N) is 1. The van der Waals surface area contributed by atoms with Gasteiger partial charge >= 0.3 is 0 Å². The van der Waals surface area contributed by atoms with E-state index in [-0.39, 0.29) is 17.7 Å².